The van der Waals surface area contributed by atoms with Crippen LogP contribution in [0.3, 0.4) is 0 Å². The van der Waals surface area contributed by atoms with Gasteiger partial charge < -0.3 is 14.4 Å². The number of rotatable bonds is 7. The number of aliphatic carboxylic acids is 1. The zero-order valence-electron chi connectivity index (χ0n) is 11.9. The number of imidazole rings is 1. The van der Waals surface area contributed by atoms with E-state index in [1.165, 1.54) is 25.2 Å². The average molecular weight is 328 g/mol. The van der Waals surface area contributed by atoms with Crippen LogP contribution in [-0.2, 0) is 11.3 Å². The second-order valence-electron chi connectivity index (χ2n) is 4.29. The smallest absolute Gasteiger partial charge is 0.313 e. The average Bonchev–Trinajstić information content (AvgIpc) is 2.82. The number of nitrogens with zero attached hydrogens (tertiary/aromatic N) is 4. The Balaban J connectivity index is 2.48. The summed E-state index contributed by atoms with van der Waals surface area (Å²) in [7, 11) is 1.52. The number of methoxy groups -OCH3 is 1. The van der Waals surface area contributed by atoms with Crippen molar-refractivity contribution in [1.82, 2.24) is 19.5 Å². The third-order valence-electron chi connectivity index (χ3n) is 2.82. The Morgan fingerprint density at radius 2 is 2.29 bits per heavy atom. The van der Waals surface area contributed by atoms with Crippen LogP contribution in [0.5, 0.6) is 5.88 Å². The molecule has 0 aliphatic heterocycles. The van der Waals surface area contributed by atoms with Crippen molar-refractivity contribution in [1.29, 1.82) is 0 Å². The molecule has 1 unspecified atom stereocenters. The lowest BCUT2D eigenvalue weighted by molar-refractivity contribution is -0.133. The first kappa shape index (κ1) is 15.9. The van der Waals surface area contributed by atoms with Gasteiger partial charge in [0, 0.05) is 11.8 Å². The van der Waals surface area contributed by atoms with Crippen LogP contribution in [0.2, 0.25) is 0 Å². The van der Waals surface area contributed by atoms with Crippen LogP contribution < -0.4 is 4.74 Å². The normalized spacial score (nSPS) is 12.5. The van der Waals surface area contributed by atoms with Gasteiger partial charge in [0.05, 0.1) is 12.9 Å². The number of ether oxygens (including phenoxy) is 1. The van der Waals surface area contributed by atoms with Gasteiger partial charge >= 0.3 is 5.97 Å². The van der Waals surface area contributed by atoms with E-state index < -0.39 is 5.97 Å². The van der Waals surface area contributed by atoms with Crippen molar-refractivity contribution in [2.24, 2.45) is 0 Å². The Hall–Kier alpha value is -1.48. The molecule has 9 heteroatoms. The van der Waals surface area contributed by atoms with Crippen LogP contribution >= 0.6 is 23.5 Å². The Kier molecular flexibility index (Phi) is 5.29. The summed E-state index contributed by atoms with van der Waals surface area (Å²) >= 11 is 2.90. The van der Waals surface area contributed by atoms with E-state index in [0.29, 0.717) is 34.0 Å². The van der Waals surface area contributed by atoms with E-state index >= 15 is 0 Å². The van der Waals surface area contributed by atoms with E-state index in [2.05, 4.69) is 21.9 Å². The van der Waals surface area contributed by atoms with Crippen molar-refractivity contribution in [3.8, 4) is 5.88 Å². The Bertz CT molecular complexity index is 647. The second kappa shape index (κ2) is 6.99. The second-order valence-corrected chi connectivity index (χ2v) is 6.51. The molecule has 0 spiro atoms. The van der Waals surface area contributed by atoms with Gasteiger partial charge in [-0.05, 0) is 6.26 Å². The number of carbonyl (C=O) groups is 1. The van der Waals surface area contributed by atoms with Crippen molar-refractivity contribution in [2.45, 2.75) is 23.9 Å². The highest BCUT2D eigenvalue weighted by Crippen LogP contribution is 2.28. The molecule has 2 aromatic rings. The van der Waals surface area contributed by atoms with Crippen molar-refractivity contribution in [3.63, 3.8) is 0 Å². The molecule has 0 fully saturated rings. The molecule has 0 saturated heterocycles. The number of thioether (sulfide) groups is 2. The zero-order valence-corrected chi connectivity index (χ0v) is 13.6. The number of hydrogen-bond acceptors (Lipinski definition) is 7. The van der Waals surface area contributed by atoms with Gasteiger partial charge in [-0.15, -0.1) is 0 Å². The van der Waals surface area contributed by atoms with Crippen LogP contribution in [-0.4, -0.2) is 55.0 Å². The Labute approximate surface area is 130 Å². The van der Waals surface area contributed by atoms with Gasteiger partial charge in [0.25, 0.3) is 0 Å². The van der Waals surface area contributed by atoms with Crippen molar-refractivity contribution in [3.05, 3.63) is 6.33 Å². The van der Waals surface area contributed by atoms with Gasteiger partial charge in [0.2, 0.25) is 5.88 Å². The third-order valence-corrected chi connectivity index (χ3v) is 4.74. The number of hydrogen-bond donors (Lipinski definition) is 1. The minimum Gasteiger partial charge on any atom is -0.481 e. The molecule has 0 aliphatic carbocycles. The van der Waals surface area contributed by atoms with Crippen LogP contribution in [0.1, 0.15) is 6.92 Å². The van der Waals surface area contributed by atoms with Gasteiger partial charge in [-0.3, -0.25) is 4.79 Å². The first-order valence-electron chi connectivity index (χ1n) is 6.19. The summed E-state index contributed by atoms with van der Waals surface area (Å²) < 4.78 is 7.12. The monoisotopic (exact) mass is 328 g/mol. The van der Waals surface area contributed by atoms with E-state index in [0.717, 1.165) is 0 Å². The third kappa shape index (κ3) is 3.59. The minimum atomic E-state index is -0.880. The molecule has 0 bridgehead atoms. The molecule has 0 radical (unpaired) electrons. The maximum absolute atomic E-state index is 10.8. The lowest BCUT2D eigenvalue weighted by atomic mass is 10.4. The van der Waals surface area contributed by atoms with E-state index in [1.807, 2.05) is 10.8 Å². The Morgan fingerprint density at radius 3 is 2.90 bits per heavy atom. The van der Waals surface area contributed by atoms with Crippen molar-refractivity contribution in [2.75, 3.05) is 19.1 Å². The fraction of sp³-hybridized carbons (Fsp3) is 0.500. The highest BCUT2D eigenvalue weighted by atomic mass is 32.2. The number of aromatic nitrogens is 4. The standard InChI is InChI=1S/C12H16N4O3S2/c1-7(20-3)4-16-10-9(11(19-2)14-6-13-10)15-12(16)21-5-8(17)18/h6-7H,4-5H2,1-3H3,(H,17,18). The lowest BCUT2D eigenvalue weighted by Gasteiger charge is -2.12. The van der Waals surface area contributed by atoms with Gasteiger partial charge in [-0.1, -0.05) is 18.7 Å². The zero-order chi connectivity index (χ0) is 15.4. The summed E-state index contributed by atoms with van der Waals surface area (Å²) in [6, 6.07) is 0. The first-order chi connectivity index (χ1) is 10.1. The predicted octanol–water partition coefficient (Wildman–Crippen LogP) is 1.76. The Morgan fingerprint density at radius 1 is 1.52 bits per heavy atom. The fourth-order valence-electron chi connectivity index (χ4n) is 1.78. The lowest BCUT2D eigenvalue weighted by Crippen LogP contribution is -2.11. The number of carboxylic acid groups (broad SMARTS) is 1. The molecule has 2 aromatic heterocycles. The fourth-order valence-corrected chi connectivity index (χ4v) is 2.80. The molecular weight excluding hydrogens is 312 g/mol. The molecule has 1 N–H and O–H groups in total. The molecule has 2 heterocycles. The molecule has 1 atom stereocenters. The summed E-state index contributed by atoms with van der Waals surface area (Å²) in [6.45, 7) is 2.79. The summed E-state index contributed by atoms with van der Waals surface area (Å²) in [5.74, 6) is -0.533. The molecule has 114 valence electrons. The highest BCUT2D eigenvalue weighted by molar-refractivity contribution is 7.99. The maximum atomic E-state index is 10.8. The number of fused-ring (bicyclic) bond motifs is 1. The van der Waals surface area contributed by atoms with E-state index in [-0.39, 0.29) is 5.75 Å². The topological polar surface area (TPSA) is 90.1 Å². The largest absolute Gasteiger partial charge is 0.481 e. The molecule has 0 aromatic carbocycles. The molecule has 2 rings (SSSR count). The predicted molar refractivity (Wildman–Crippen MR) is 83.2 cm³/mol. The van der Waals surface area contributed by atoms with Crippen LogP contribution in [0.15, 0.2) is 11.5 Å². The quantitative estimate of drug-likeness (QED) is 0.769. The van der Waals surface area contributed by atoms with Gasteiger partial charge in [-0.25, -0.2) is 9.97 Å². The van der Waals surface area contributed by atoms with Crippen LogP contribution in [0, 0.1) is 0 Å². The maximum Gasteiger partial charge on any atom is 0.313 e. The van der Waals surface area contributed by atoms with Crippen molar-refractivity contribution < 1.29 is 14.6 Å². The molecule has 0 aliphatic rings. The van der Waals surface area contributed by atoms with E-state index in [1.54, 1.807) is 11.8 Å². The van der Waals surface area contributed by atoms with Gasteiger partial charge in [0.1, 0.15) is 6.33 Å². The minimum absolute atomic E-state index is 0.0489. The summed E-state index contributed by atoms with van der Waals surface area (Å²) in [6.07, 6.45) is 3.46. The molecular formula is C12H16N4O3S2. The summed E-state index contributed by atoms with van der Waals surface area (Å²) in [4.78, 5) is 23.5. The summed E-state index contributed by atoms with van der Waals surface area (Å²) in [5, 5.41) is 9.83. The SMILES string of the molecule is COc1ncnc2c1nc(SCC(=O)O)n2CC(C)SC. The van der Waals surface area contributed by atoms with Crippen LogP contribution in [0.25, 0.3) is 11.2 Å². The van der Waals surface area contributed by atoms with Crippen molar-refractivity contribution >= 4 is 40.7 Å². The first-order valence-corrected chi connectivity index (χ1v) is 8.46. The van der Waals surface area contributed by atoms with Gasteiger partial charge in [-0.2, -0.15) is 16.7 Å². The molecule has 7 nitrogen and oxygen atoms in total. The highest BCUT2D eigenvalue weighted by Gasteiger charge is 2.18. The van der Waals surface area contributed by atoms with E-state index in [4.69, 9.17) is 9.84 Å². The summed E-state index contributed by atoms with van der Waals surface area (Å²) in [5.41, 5.74) is 1.22. The number of carboxylic acids is 1. The van der Waals surface area contributed by atoms with E-state index in [9.17, 15) is 4.79 Å². The van der Waals surface area contributed by atoms with Crippen LogP contribution in [0.4, 0.5) is 0 Å². The molecule has 0 amide bonds. The molecule has 21 heavy (non-hydrogen) atoms. The molecule has 0 saturated carbocycles. The van der Waals surface area contributed by atoms with Gasteiger partial charge in [0.15, 0.2) is 16.3 Å².